The maximum atomic E-state index is 12.4. The van der Waals surface area contributed by atoms with Crippen LogP contribution < -0.4 is 0 Å². The van der Waals surface area contributed by atoms with Crippen LogP contribution in [0.25, 0.3) is 0 Å². The lowest BCUT2D eigenvalue weighted by molar-refractivity contribution is 0.0630. The summed E-state index contributed by atoms with van der Waals surface area (Å²) in [6.07, 6.45) is -0.0226. The van der Waals surface area contributed by atoms with Gasteiger partial charge in [0.1, 0.15) is 12.8 Å². The molecule has 0 spiro atoms. The smallest absolute Gasteiger partial charge is 0.255 e. The zero-order valence-electron chi connectivity index (χ0n) is 11.5. The standard InChI is InChI=1S/C17H17NO2/c1-13-7-9-15(10-8-13)17(19)18-11-16(20-12-18)14-5-3-2-4-6-14/h2-10,16H,11-12H2,1H3. The Morgan fingerprint density at radius 1 is 1.10 bits per heavy atom. The van der Waals surface area contributed by atoms with E-state index in [-0.39, 0.29) is 12.0 Å². The van der Waals surface area contributed by atoms with Crippen LogP contribution in [-0.2, 0) is 4.74 Å². The van der Waals surface area contributed by atoms with Crippen molar-refractivity contribution >= 4 is 5.91 Å². The molecule has 1 aliphatic rings. The zero-order chi connectivity index (χ0) is 13.9. The fraction of sp³-hybridized carbons (Fsp3) is 0.235. The van der Waals surface area contributed by atoms with Crippen molar-refractivity contribution in [3.8, 4) is 0 Å². The molecule has 102 valence electrons. The Balaban J connectivity index is 1.71. The van der Waals surface area contributed by atoms with Gasteiger partial charge in [-0.05, 0) is 24.6 Å². The fourth-order valence-electron chi connectivity index (χ4n) is 2.38. The molecule has 3 rings (SSSR count). The Morgan fingerprint density at radius 3 is 2.50 bits per heavy atom. The maximum absolute atomic E-state index is 12.4. The van der Waals surface area contributed by atoms with E-state index < -0.39 is 0 Å². The number of hydrogen-bond donors (Lipinski definition) is 0. The lowest BCUT2D eigenvalue weighted by Gasteiger charge is -2.14. The lowest BCUT2D eigenvalue weighted by Crippen LogP contribution is -2.28. The molecule has 3 heteroatoms. The topological polar surface area (TPSA) is 29.5 Å². The van der Waals surface area contributed by atoms with Crippen LogP contribution in [0.3, 0.4) is 0 Å². The molecule has 3 nitrogen and oxygen atoms in total. The van der Waals surface area contributed by atoms with Gasteiger partial charge in [-0.25, -0.2) is 0 Å². The maximum Gasteiger partial charge on any atom is 0.255 e. The van der Waals surface area contributed by atoms with E-state index in [1.54, 1.807) is 4.90 Å². The largest absolute Gasteiger partial charge is 0.351 e. The summed E-state index contributed by atoms with van der Waals surface area (Å²) in [5.41, 5.74) is 2.99. The van der Waals surface area contributed by atoms with Crippen LogP contribution >= 0.6 is 0 Å². The minimum atomic E-state index is -0.0226. The predicted octanol–water partition coefficient (Wildman–Crippen LogP) is 3.17. The van der Waals surface area contributed by atoms with Crippen molar-refractivity contribution in [2.45, 2.75) is 13.0 Å². The molecular weight excluding hydrogens is 250 g/mol. The van der Waals surface area contributed by atoms with Gasteiger partial charge in [0, 0.05) is 5.56 Å². The van der Waals surface area contributed by atoms with Gasteiger partial charge in [0.15, 0.2) is 0 Å². The molecule has 0 aromatic heterocycles. The Labute approximate surface area is 118 Å². The molecule has 0 aliphatic carbocycles. The van der Waals surface area contributed by atoms with Crippen molar-refractivity contribution in [1.29, 1.82) is 0 Å². The van der Waals surface area contributed by atoms with Gasteiger partial charge in [-0.1, -0.05) is 48.0 Å². The van der Waals surface area contributed by atoms with Crippen molar-refractivity contribution in [3.63, 3.8) is 0 Å². The molecule has 1 aliphatic heterocycles. The van der Waals surface area contributed by atoms with E-state index in [1.165, 1.54) is 0 Å². The Hall–Kier alpha value is -2.13. The summed E-state index contributed by atoms with van der Waals surface area (Å²) in [6, 6.07) is 17.7. The Bertz CT molecular complexity index is 592. The normalized spacial score (nSPS) is 18.2. The molecule has 2 aromatic carbocycles. The summed E-state index contributed by atoms with van der Waals surface area (Å²) in [7, 11) is 0. The van der Waals surface area contributed by atoms with E-state index in [2.05, 4.69) is 0 Å². The molecule has 0 N–H and O–H groups in total. The first kappa shape index (κ1) is 12.9. The molecule has 1 saturated heterocycles. The van der Waals surface area contributed by atoms with Gasteiger partial charge in [-0.15, -0.1) is 0 Å². The van der Waals surface area contributed by atoms with Gasteiger partial charge in [-0.3, -0.25) is 4.79 Å². The van der Waals surface area contributed by atoms with Gasteiger partial charge >= 0.3 is 0 Å². The van der Waals surface area contributed by atoms with E-state index in [0.29, 0.717) is 18.8 Å². The average molecular weight is 267 g/mol. The molecule has 0 bridgehead atoms. The van der Waals surface area contributed by atoms with Crippen LogP contribution in [0.1, 0.15) is 27.6 Å². The summed E-state index contributed by atoms with van der Waals surface area (Å²) in [4.78, 5) is 14.1. The number of carbonyl (C=O) groups excluding carboxylic acids is 1. The first-order chi connectivity index (χ1) is 9.74. The van der Waals surface area contributed by atoms with Crippen LogP contribution in [0.15, 0.2) is 54.6 Å². The van der Waals surface area contributed by atoms with E-state index >= 15 is 0 Å². The van der Waals surface area contributed by atoms with E-state index in [0.717, 1.165) is 11.1 Å². The van der Waals surface area contributed by atoms with Crippen LogP contribution in [0.4, 0.5) is 0 Å². The highest BCUT2D eigenvalue weighted by atomic mass is 16.5. The molecule has 1 unspecified atom stereocenters. The molecule has 1 fully saturated rings. The summed E-state index contributed by atoms with van der Waals surface area (Å²) in [5.74, 6) is 0.0310. The Kier molecular flexibility index (Phi) is 3.52. The molecule has 1 atom stereocenters. The van der Waals surface area contributed by atoms with Crippen LogP contribution in [-0.4, -0.2) is 24.1 Å². The second-order valence-electron chi connectivity index (χ2n) is 5.09. The number of carbonyl (C=O) groups is 1. The minimum absolute atomic E-state index is 0.0226. The van der Waals surface area contributed by atoms with Gasteiger partial charge in [0.05, 0.1) is 6.54 Å². The summed E-state index contributed by atoms with van der Waals surface area (Å²) >= 11 is 0. The van der Waals surface area contributed by atoms with Crippen molar-refractivity contribution in [3.05, 3.63) is 71.3 Å². The van der Waals surface area contributed by atoms with E-state index in [4.69, 9.17) is 4.74 Å². The van der Waals surface area contributed by atoms with Gasteiger partial charge < -0.3 is 9.64 Å². The van der Waals surface area contributed by atoms with Crippen molar-refractivity contribution < 1.29 is 9.53 Å². The minimum Gasteiger partial charge on any atom is -0.351 e. The predicted molar refractivity (Wildman–Crippen MR) is 77.4 cm³/mol. The number of rotatable bonds is 2. The molecule has 2 aromatic rings. The monoisotopic (exact) mass is 267 g/mol. The molecule has 1 heterocycles. The molecular formula is C17H17NO2. The van der Waals surface area contributed by atoms with E-state index in [9.17, 15) is 4.79 Å². The first-order valence-corrected chi connectivity index (χ1v) is 6.76. The summed E-state index contributed by atoms with van der Waals surface area (Å²) in [6.45, 7) is 2.97. The number of benzene rings is 2. The second kappa shape index (κ2) is 5.47. The third-order valence-electron chi connectivity index (χ3n) is 3.57. The highest BCUT2D eigenvalue weighted by molar-refractivity contribution is 5.94. The van der Waals surface area contributed by atoms with Gasteiger partial charge in [0.25, 0.3) is 5.91 Å². The third-order valence-corrected chi connectivity index (χ3v) is 3.57. The van der Waals surface area contributed by atoms with Crippen LogP contribution in [0.5, 0.6) is 0 Å². The van der Waals surface area contributed by atoms with Crippen molar-refractivity contribution in [1.82, 2.24) is 4.90 Å². The van der Waals surface area contributed by atoms with Crippen molar-refractivity contribution in [2.24, 2.45) is 0 Å². The molecule has 0 radical (unpaired) electrons. The number of amides is 1. The summed E-state index contributed by atoms with van der Waals surface area (Å²) in [5, 5.41) is 0. The Morgan fingerprint density at radius 2 is 1.80 bits per heavy atom. The molecule has 0 saturated carbocycles. The number of nitrogens with zero attached hydrogens (tertiary/aromatic N) is 1. The average Bonchev–Trinajstić information content (AvgIpc) is 2.98. The number of hydrogen-bond acceptors (Lipinski definition) is 2. The lowest BCUT2D eigenvalue weighted by atomic mass is 10.1. The zero-order valence-corrected chi connectivity index (χ0v) is 11.5. The molecule has 1 amide bonds. The number of aryl methyl sites for hydroxylation is 1. The quantitative estimate of drug-likeness (QED) is 0.836. The number of ether oxygens (including phenoxy) is 1. The third kappa shape index (κ3) is 2.58. The summed E-state index contributed by atoms with van der Waals surface area (Å²) < 4.78 is 5.72. The van der Waals surface area contributed by atoms with Crippen LogP contribution in [0.2, 0.25) is 0 Å². The van der Waals surface area contributed by atoms with Crippen LogP contribution in [0, 0.1) is 6.92 Å². The fourth-order valence-corrected chi connectivity index (χ4v) is 2.38. The van der Waals surface area contributed by atoms with E-state index in [1.807, 2.05) is 61.5 Å². The second-order valence-corrected chi connectivity index (χ2v) is 5.09. The van der Waals surface area contributed by atoms with Gasteiger partial charge in [-0.2, -0.15) is 0 Å². The SMILES string of the molecule is Cc1ccc(C(=O)N2COC(c3ccccc3)C2)cc1. The van der Waals surface area contributed by atoms with Crippen molar-refractivity contribution in [2.75, 3.05) is 13.3 Å². The first-order valence-electron chi connectivity index (χ1n) is 6.76. The highest BCUT2D eigenvalue weighted by Gasteiger charge is 2.28. The van der Waals surface area contributed by atoms with Gasteiger partial charge in [0.2, 0.25) is 0 Å². The highest BCUT2D eigenvalue weighted by Crippen LogP contribution is 2.25. The molecule has 20 heavy (non-hydrogen) atoms.